The van der Waals surface area contributed by atoms with Crippen molar-refractivity contribution < 1.29 is 23.9 Å². The predicted octanol–water partition coefficient (Wildman–Crippen LogP) is 6.21. The first-order chi connectivity index (χ1) is 17.4. The number of nitrogens with one attached hydrogen (secondary N) is 1. The zero-order valence-corrected chi connectivity index (χ0v) is 22.7. The molecule has 0 unspecified atom stereocenters. The summed E-state index contributed by atoms with van der Waals surface area (Å²) in [6.07, 6.45) is 1.60. The monoisotopic (exact) mass is 634 g/mol. The summed E-state index contributed by atoms with van der Waals surface area (Å²) in [7, 11) is 1.52. The van der Waals surface area contributed by atoms with Gasteiger partial charge in [0.1, 0.15) is 13.2 Å². The van der Waals surface area contributed by atoms with Gasteiger partial charge in [-0.3, -0.25) is 19.3 Å². The summed E-state index contributed by atoms with van der Waals surface area (Å²) in [5.74, 6) is 0.0322. The first-order valence-corrected chi connectivity index (χ1v) is 13.0. The largest absolute Gasteiger partial charge is 0.493 e. The molecule has 10 heteroatoms. The lowest BCUT2D eigenvalue weighted by Gasteiger charge is -2.14. The number of anilines is 1. The fourth-order valence-electron chi connectivity index (χ4n) is 3.38. The van der Waals surface area contributed by atoms with Gasteiger partial charge in [0, 0.05) is 16.3 Å². The summed E-state index contributed by atoms with van der Waals surface area (Å²) < 4.78 is 12.3. The number of halogens is 2. The van der Waals surface area contributed by atoms with Crippen LogP contribution in [0.4, 0.5) is 10.5 Å². The Hall–Kier alpha value is -3.02. The lowest BCUT2D eigenvalue weighted by atomic mass is 10.1. The standard InChI is InChI=1S/C26H20ClIN2O5S/c1-34-21-12-16(11-20(28)24(21)35-15-17-7-5-6-10-19(17)27)13-22-25(32)30(26(33)36-22)14-23(31)29-18-8-3-2-4-9-18/h2-13H,14-15H2,1H3,(H,29,31)/b22-13+. The maximum Gasteiger partial charge on any atom is 0.294 e. The number of thioether (sulfide) groups is 1. The molecule has 1 N–H and O–H groups in total. The minimum atomic E-state index is -0.527. The van der Waals surface area contributed by atoms with E-state index in [9.17, 15) is 14.4 Å². The maximum absolute atomic E-state index is 12.9. The van der Waals surface area contributed by atoms with Gasteiger partial charge in [0.05, 0.1) is 15.6 Å². The average molecular weight is 635 g/mol. The van der Waals surface area contributed by atoms with Crippen LogP contribution in [0.15, 0.2) is 71.6 Å². The highest BCUT2D eigenvalue weighted by Crippen LogP contribution is 2.38. The van der Waals surface area contributed by atoms with Gasteiger partial charge in [0.2, 0.25) is 5.91 Å². The van der Waals surface area contributed by atoms with Crippen molar-refractivity contribution in [1.29, 1.82) is 0 Å². The molecule has 4 rings (SSSR count). The fraction of sp³-hybridized carbons (Fsp3) is 0.115. The van der Waals surface area contributed by atoms with Crippen molar-refractivity contribution in [3.05, 3.63) is 91.4 Å². The van der Waals surface area contributed by atoms with Crippen molar-refractivity contribution >= 4 is 74.8 Å². The molecule has 1 aliphatic rings. The number of para-hydroxylation sites is 1. The van der Waals surface area contributed by atoms with Gasteiger partial charge in [-0.05, 0) is 76.3 Å². The van der Waals surface area contributed by atoms with Crippen LogP contribution < -0.4 is 14.8 Å². The SMILES string of the molecule is COc1cc(/C=C2/SC(=O)N(CC(=O)Nc3ccccc3)C2=O)cc(I)c1OCc1ccccc1Cl. The molecule has 184 valence electrons. The van der Waals surface area contributed by atoms with Crippen molar-refractivity contribution in [3.8, 4) is 11.5 Å². The number of ether oxygens (including phenoxy) is 2. The Morgan fingerprint density at radius 2 is 1.83 bits per heavy atom. The smallest absolute Gasteiger partial charge is 0.294 e. The molecule has 0 saturated carbocycles. The normalized spacial score (nSPS) is 14.3. The second-order valence-corrected chi connectivity index (χ2v) is 10.2. The van der Waals surface area contributed by atoms with Gasteiger partial charge in [-0.1, -0.05) is 48.0 Å². The first-order valence-electron chi connectivity index (χ1n) is 10.7. The van der Waals surface area contributed by atoms with Crippen LogP contribution in [-0.2, 0) is 16.2 Å². The molecule has 0 aromatic heterocycles. The van der Waals surface area contributed by atoms with Crippen LogP contribution in [0.3, 0.4) is 0 Å². The zero-order valence-electron chi connectivity index (χ0n) is 19.0. The lowest BCUT2D eigenvalue weighted by molar-refractivity contribution is -0.127. The van der Waals surface area contributed by atoms with Crippen LogP contribution in [0, 0.1) is 3.57 Å². The lowest BCUT2D eigenvalue weighted by Crippen LogP contribution is -2.36. The summed E-state index contributed by atoms with van der Waals surface area (Å²) in [5, 5.41) is 2.78. The third-order valence-corrected chi connectivity index (χ3v) is 7.19. The predicted molar refractivity (Wildman–Crippen MR) is 149 cm³/mol. The van der Waals surface area contributed by atoms with Crippen LogP contribution in [0.5, 0.6) is 11.5 Å². The molecule has 1 fully saturated rings. The van der Waals surface area contributed by atoms with E-state index in [4.69, 9.17) is 21.1 Å². The zero-order chi connectivity index (χ0) is 25.7. The Bertz CT molecular complexity index is 1350. The fourth-order valence-corrected chi connectivity index (χ4v) is 5.19. The first kappa shape index (κ1) is 26.1. The number of imide groups is 1. The molecule has 3 amide bonds. The molecule has 1 heterocycles. The molecule has 3 aromatic carbocycles. The quantitative estimate of drug-likeness (QED) is 0.235. The van der Waals surface area contributed by atoms with Crippen LogP contribution in [-0.4, -0.2) is 35.6 Å². The third kappa shape index (κ3) is 6.21. The van der Waals surface area contributed by atoms with Crippen molar-refractivity contribution in [2.75, 3.05) is 19.0 Å². The number of amides is 3. The van der Waals surface area contributed by atoms with Gasteiger partial charge in [-0.25, -0.2) is 0 Å². The number of nitrogens with zero attached hydrogens (tertiary/aromatic N) is 1. The molecular weight excluding hydrogens is 615 g/mol. The van der Waals surface area contributed by atoms with E-state index >= 15 is 0 Å². The Morgan fingerprint density at radius 1 is 1.11 bits per heavy atom. The molecule has 0 atom stereocenters. The highest BCUT2D eigenvalue weighted by atomic mass is 127. The summed E-state index contributed by atoms with van der Waals surface area (Å²) >= 11 is 9.13. The number of benzene rings is 3. The molecule has 1 saturated heterocycles. The van der Waals surface area contributed by atoms with Crippen LogP contribution >= 0.6 is 46.0 Å². The molecular formula is C26H20ClIN2O5S. The number of hydrogen-bond donors (Lipinski definition) is 1. The van der Waals surface area contributed by atoms with Gasteiger partial charge < -0.3 is 14.8 Å². The van der Waals surface area contributed by atoms with Crippen molar-refractivity contribution in [2.45, 2.75) is 6.61 Å². The summed E-state index contributed by atoms with van der Waals surface area (Å²) in [6.45, 7) is -0.109. The van der Waals surface area contributed by atoms with E-state index < -0.39 is 17.1 Å². The van der Waals surface area contributed by atoms with Gasteiger partial charge in [-0.2, -0.15) is 0 Å². The number of hydrogen-bond acceptors (Lipinski definition) is 6. The number of methoxy groups -OCH3 is 1. The van der Waals surface area contributed by atoms with E-state index in [1.54, 1.807) is 42.5 Å². The van der Waals surface area contributed by atoms with Crippen LogP contribution in [0.1, 0.15) is 11.1 Å². The minimum absolute atomic E-state index is 0.218. The molecule has 0 radical (unpaired) electrons. The average Bonchev–Trinajstić information content (AvgIpc) is 3.11. The summed E-state index contributed by atoms with van der Waals surface area (Å²) in [4.78, 5) is 38.8. The second-order valence-electron chi connectivity index (χ2n) is 7.60. The molecule has 0 bridgehead atoms. The van der Waals surface area contributed by atoms with Gasteiger partial charge in [0.15, 0.2) is 11.5 Å². The second kappa shape index (κ2) is 11.8. The Balaban J connectivity index is 1.48. The highest BCUT2D eigenvalue weighted by molar-refractivity contribution is 14.1. The Labute approximate surface area is 230 Å². The topological polar surface area (TPSA) is 84.9 Å². The van der Waals surface area contributed by atoms with Crippen LogP contribution in [0.25, 0.3) is 6.08 Å². The van der Waals surface area contributed by atoms with E-state index in [0.717, 1.165) is 25.8 Å². The maximum atomic E-state index is 12.9. The molecule has 0 aliphatic carbocycles. The van der Waals surface area contributed by atoms with E-state index in [-0.39, 0.29) is 18.1 Å². The van der Waals surface area contributed by atoms with Crippen molar-refractivity contribution in [1.82, 2.24) is 4.90 Å². The number of rotatable bonds is 8. The van der Waals surface area contributed by atoms with Gasteiger partial charge in [-0.15, -0.1) is 0 Å². The highest BCUT2D eigenvalue weighted by Gasteiger charge is 2.36. The minimum Gasteiger partial charge on any atom is -0.493 e. The molecule has 7 nitrogen and oxygen atoms in total. The Morgan fingerprint density at radius 3 is 2.56 bits per heavy atom. The summed E-state index contributed by atoms with van der Waals surface area (Å²) in [5.41, 5.74) is 2.08. The number of carbonyl (C=O) groups is 3. The molecule has 3 aromatic rings. The number of carbonyl (C=O) groups excluding carboxylic acids is 3. The Kier molecular flexibility index (Phi) is 8.55. The van der Waals surface area contributed by atoms with Crippen molar-refractivity contribution in [2.24, 2.45) is 0 Å². The van der Waals surface area contributed by atoms with E-state index in [0.29, 0.717) is 27.8 Å². The van der Waals surface area contributed by atoms with E-state index in [1.807, 2.05) is 30.3 Å². The van der Waals surface area contributed by atoms with Gasteiger partial charge in [0.25, 0.3) is 11.1 Å². The van der Waals surface area contributed by atoms with Gasteiger partial charge >= 0.3 is 0 Å². The van der Waals surface area contributed by atoms with E-state index in [1.165, 1.54) is 7.11 Å². The molecule has 0 spiro atoms. The third-order valence-electron chi connectivity index (χ3n) is 5.11. The van der Waals surface area contributed by atoms with Crippen molar-refractivity contribution in [3.63, 3.8) is 0 Å². The van der Waals surface area contributed by atoms with Crippen LogP contribution in [0.2, 0.25) is 5.02 Å². The van der Waals surface area contributed by atoms with E-state index in [2.05, 4.69) is 27.9 Å². The molecule has 36 heavy (non-hydrogen) atoms. The molecule has 1 aliphatic heterocycles. The summed E-state index contributed by atoms with van der Waals surface area (Å²) in [6, 6.07) is 19.8.